The van der Waals surface area contributed by atoms with Crippen LogP contribution in [0, 0.1) is 0 Å². The molecule has 1 aromatic rings. The maximum atomic E-state index is 11.7. The van der Waals surface area contributed by atoms with Crippen LogP contribution in [0.2, 0.25) is 19.6 Å². The molecule has 1 unspecified atom stereocenters. The summed E-state index contributed by atoms with van der Waals surface area (Å²) in [4.78, 5) is 11.7. The molecule has 20 heavy (non-hydrogen) atoms. The van der Waals surface area contributed by atoms with Crippen molar-refractivity contribution in [3.63, 3.8) is 0 Å². The molecule has 1 nitrogen and oxygen atoms in total. The van der Waals surface area contributed by atoms with E-state index in [-0.39, 0.29) is 0 Å². The lowest BCUT2D eigenvalue weighted by Crippen LogP contribution is -2.28. The molecule has 110 valence electrons. The van der Waals surface area contributed by atoms with Gasteiger partial charge in [0.1, 0.15) is 6.29 Å². The lowest BCUT2D eigenvalue weighted by atomic mass is 9.76. The molecule has 0 heterocycles. The molecule has 1 rings (SSSR count). The second kappa shape index (κ2) is 7.80. The Kier molecular flexibility index (Phi) is 6.70. The summed E-state index contributed by atoms with van der Waals surface area (Å²) in [6.45, 7) is 6.94. The van der Waals surface area contributed by atoms with Crippen LogP contribution in [0.15, 0.2) is 42.1 Å². The third-order valence-corrected chi connectivity index (χ3v) is 4.91. The Balaban J connectivity index is 2.85. The number of halogens is 1. The lowest BCUT2D eigenvalue weighted by molar-refractivity contribution is -0.113. The fraction of sp³-hybridized carbons (Fsp3) is 0.471. The second-order valence-corrected chi connectivity index (χ2v) is 11.8. The molecule has 0 N–H and O–H groups in total. The van der Waals surface area contributed by atoms with Gasteiger partial charge in [0.25, 0.3) is 0 Å². The van der Waals surface area contributed by atoms with E-state index >= 15 is 0 Å². The van der Waals surface area contributed by atoms with Crippen molar-refractivity contribution in [2.24, 2.45) is 0 Å². The molecule has 3 heteroatoms. The van der Waals surface area contributed by atoms with Crippen molar-refractivity contribution in [2.45, 2.75) is 44.3 Å². The van der Waals surface area contributed by atoms with E-state index in [4.69, 9.17) is 11.6 Å². The molecule has 0 aliphatic carbocycles. The Morgan fingerprint density at radius 3 is 2.30 bits per heavy atom. The molecule has 0 bridgehead atoms. The van der Waals surface area contributed by atoms with E-state index in [2.05, 4.69) is 31.4 Å². The molecule has 0 radical (unpaired) electrons. The van der Waals surface area contributed by atoms with Crippen LogP contribution in [-0.2, 0) is 10.2 Å². The summed E-state index contributed by atoms with van der Waals surface area (Å²) in [5.41, 5.74) is 2.98. The number of allylic oxidation sites excluding steroid dienone is 1. The largest absolute Gasteiger partial charge is 0.302 e. The number of carbonyl (C=O) groups excluding carboxylic acids is 1. The number of alkyl halides is 1. The van der Waals surface area contributed by atoms with Crippen molar-refractivity contribution in [3.8, 4) is 0 Å². The summed E-state index contributed by atoms with van der Waals surface area (Å²) in [6, 6.07) is 10.0. The minimum absolute atomic E-state index is 0.438. The normalized spacial score (nSPS) is 15.2. The number of rotatable bonds is 8. The van der Waals surface area contributed by atoms with Crippen LogP contribution in [0.1, 0.15) is 24.8 Å². The monoisotopic (exact) mass is 308 g/mol. The van der Waals surface area contributed by atoms with Crippen LogP contribution in [0.4, 0.5) is 0 Å². The molecule has 0 aliphatic heterocycles. The Labute approximate surface area is 129 Å². The Bertz CT molecular complexity index is 436. The van der Waals surface area contributed by atoms with Crippen LogP contribution < -0.4 is 0 Å². The summed E-state index contributed by atoms with van der Waals surface area (Å²) in [5.74, 6) is 0.505. The highest BCUT2D eigenvalue weighted by Gasteiger charge is 2.30. The van der Waals surface area contributed by atoms with E-state index in [1.165, 1.54) is 0 Å². The van der Waals surface area contributed by atoms with Crippen molar-refractivity contribution in [1.29, 1.82) is 0 Å². The summed E-state index contributed by atoms with van der Waals surface area (Å²) in [5, 5.41) is 0. The molecule has 0 saturated heterocycles. The maximum Gasteiger partial charge on any atom is 0.130 e. The van der Waals surface area contributed by atoms with Crippen LogP contribution in [0.5, 0.6) is 0 Å². The van der Waals surface area contributed by atoms with Crippen molar-refractivity contribution >= 4 is 26.0 Å². The van der Waals surface area contributed by atoms with Crippen LogP contribution in [-0.4, -0.2) is 20.2 Å². The third-order valence-electron chi connectivity index (χ3n) is 3.49. The van der Waals surface area contributed by atoms with Gasteiger partial charge in [-0.3, -0.25) is 0 Å². The first-order valence-corrected chi connectivity index (χ1v) is 11.3. The molecule has 0 aliphatic rings. The topological polar surface area (TPSA) is 17.1 Å². The predicted molar refractivity (Wildman–Crippen MR) is 91.2 cm³/mol. The second-order valence-electron chi connectivity index (χ2n) is 6.39. The highest BCUT2D eigenvalue weighted by atomic mass is 35.5. The fourth-order valence-electron chi connectivity index (χ4n) is 2.32. The average Bonchev–Trinajstić information content (AvgIpc) is 2.42. The quantitative estimate of drug-likeness (QED) is 0.376. The molecule has 1 atom stereocenters. The van der Waals surface area contributed by atoms with E-state index in [9.17, 15) is 4.79 Å². The zero-order valence-electron chi connectivity index (χ0n) is 12.7. The van der Waals surface area contributed by atoms with Crippen molar-refractivity contribution in [3.05, 3.63) is 47.7 Å². The standard InChI is InChI=1S/C17H25ClOSi/c1-20(2,3)14-8-7-11-17(15-19,12-13-18)16-9-5-4-6-10-16/h4-6,8-10,14-15H,7,11-13H2,1-3H3. The van der Waals surface area contributed by atoms with Crippen LogP contribution in [0.3, 0.4) is 0 Å². The summed E-state index contributed by atoms with van der Waals surface area (Å²) in [6.07, 6.45) is 5.78. The van der Waals surface area contributed by atoms with Gasteiger partial charge >= 0.3 is 0 Å². The molecule has 1 aromatic carbocycles. The van der Waals surface area contributed by atoms with Gasteiger partial charge in [-0.1, -0.05) is 61.7 Å². The van der Waals surface area contributed by atoms with Crippen molar-refractivity contribution < 1.29 is 4.79 Å². The lowest BCUT2D eigenvalue weighted by Gasteiger charge is -2.27. The van der Waals surface area contributed by atoms with E-state index in [1.54, 1.807) is 0 Å². The number of hydrogen-bond acceptors (Lipinski definition) is 1. The summed E-state index contributed by atoms with van der Waals surface area (Å²) >= 11 is 5.93. The van der Waals surface area contributed by atoms with Crippen LogP contribution in [0.25, 0.3) is 0 Å². The number of benzene rings is 1. The zero-order chi connectivity index (χ0) is 15.1. The minimum Gasteiger partial charge on any atom is -0.302 e. The molecule has 0 amide bonds. The van der Waals surface area contributed by atoms with Crippen molar-refractivity contribution in [2.75, 3.05) is 5.88 Å². The van der Waals surface area contributed by atoms with E-state index in [0.29, 0.717) is 12.3 Å². The molecule has 0 saturated carbocycles. The third kappa shape index (κ3) is 5.26. The molecule has 0 spiro atoms. The first kappa shape index (κ1) is 17.2. The Hall–Kier alpha value is -0.863. The number of hydrogen-bond donors (Lipinski definition) is 0. The first-order chi connectivity index (χ1) is 9.43. The Morgan fingerprint density at radius 1 is 1.15 bits per heavy atom. The fourth-order valence-corrected chi connectivity index (χ4v) is 3.53. The van der Waals surface area contributed by atoms with Gasteiger partial charge in [0.2, 0.25) is 0 Å². The van der Waals surface area contributed by atoms with Crippen LogP contribution >= 0.6 is 11.6 Å². The summed E-state index contributed by atoms with van der Waals surface area (Å²) < 4.78 is 0. The number of carbonyl (C=O) groups is 1. The molecular formula is C17H25ClOSi. The van der Waals surface area contributed by atoms with Gasteiger partial charge in [-0.25, -0.2) is 0 Å². The molecule has 0 fully saturated rings. The molecule has 0 aromatic heterocycles. The SMILES string of the molecule is C[Si](C)(C)C=CCCC(C=O)(CCCl)c1ccccc1. The van der Waals surface area contributed by atoms with Gasteiger partial charge < -0.3 is 4.79 Å². The Morgan fingerprint density at radius 2 is 1.80 bits per heavy atom. The van der Waals surface area contributed by atoms with Gasteiger partial charge in [0.05, 0.1) is 13.5 Å². The smallest absolute Gasteiger partial charge is 0.130 e. The highest BCUT2D eigenvalue weighted by molar-refractivity contribution is 6.80. The zero-order valence-corrected chi connectivity index (χ0v) is 14.5. The van der Waals surface area contributed by atoms with Gasteiger partial charge in [-0.2, -0.15) is 0 Å². The predicted octanol–water partition coefficient (Wildman–Crippen LogP) is 4.97. The average molecular weight is 309 g/mol. The van der Waals surface area contributed by atoms with E-state index in [1.807, 2.05) is 30.3 Å². The summed E-state index contributed by atoms with van der Waals surface area (Å²) in [7, 11) is -1.16. The van der Waals surface area contributed by atoms with Gasteiger partial charge in [0.15, 0.2) is 0 Å². The highest BCUT2D eigenvalue weighted by Crippen LogP contribution is 2.31. The van der Waals surface area contributed by atoms with E-state index < -0.39 is 13.5 Å². The maximum absolute atomic E-state index is 11.7. The van der Waals surface area contributed by atoms with Crippen molar-refractivity contribution in [1.82, 2.24) is 0 Å². The van der Waals surface area contributed by atoms with Gasteiger partial charge in [-0.05, 0) is 24.8 Å². The number of aldehydes is 1. The van der Waals surface area contributed by atoms with E-state index in [0.717, 1.165) is 24.7 Å². The minimum atomic E-state index is -1.16. The van der Waals surface area contributed by atoms with Gasteiger partial charge in [-0.15, -0.1) is 11.6 Å². The molecular weight excluding hydrogens is 284 g/mol. The first-order valence-electron chi connectivity index (χ1n) is 7.19. The van der Waals surface area contributed by atoms with Gasteiger partial charge in [0, 0.05) is 5.88 Å².